The number of pyridine rings is 1. The Morgan fingerprint density at radius 1 is 1.08 bits per heavy atom. The molecule has 1 unspecified atom stereocenters. The fraction of sp³-hybridized carbons (Fsp3) is 0.429. The van der Waals surface area contributed by atoms with Crippen LogP contribution in [0.15, 0.2) is 36.5 Å². The van der Waals surface area contributed by atoms with Crippen LogP contribution in [-0.4, -0.2) is 48.1 Å². The molecule has 1 saturated heterocycles. The number of aryl methyl sites for hydroxylation is 3. The van der Waals surface area contributed by atoms with Crippen molar-refractivity contribution in [3.05, 3.63) is 53.2 Å². The second-order valence-electron chi connectivity index (χ2n) is 7.26. The van der Waals surface area contributed by atoms with Gasteiger partial charge in [-0.1, -0.05) is 17.7 Å². The average Bonchev–Trinajstić information content (AvgIpc) is 2.67. The molecule has 1 aromatic heterocycles. The molecule has 1 aromatic carbocycles. The van der Waals surface area contributed by atoms with E-state index in [4.69, 9.17) is 4.74 Å². The van der Waals surface area contributed by atoms with Crippen molar-refractivity contribution in [2.24, 2.45) is 0 Å². The van der Waals surface area contributed by atoms with E-state index in [0.29, 0.717) is 0 Å². The minimum Gasteiger partial charge on any atom is -0.480 e. The van der Waals surface area contributed by atoms with Crippen molar-refractivity contribution in [2.45, 2.75) is 32.8 Å². The third kappa shape index (κ3) is 3.39. The number of aromatic nitrogens is 1. The predicted octanol–water partition coefficient (Wildman–Crippen LogP) is 2.74. The summed E-state index contributed by atoms with van der Waals surface area (Å²) in [6.07, 6.45) is 3.15. The van der Waals surface area contributed by atoms with Crippen LogP contribution in [0.3, 0.4) is 0 Å². The quantitative estimate of drug-likeness (QED) is 0.835. The Bertz CT molecular complexity index is 813. The molecule has 26 heavy (non-hydrogen) atoms. The molecule has 5 nitrogen and oxygen atoms in total. The number of carbonyl (C=O) groups excluding carboxylic acids is 1. The Morgan fingerprint density at radius 3 is 2.62 bits per heavy atom. The Morgan fingerprint density at radius 2 is 1.85 bits per heavy atom. The fourth-order valence-electron chi connectivity index (χ4n) is 3.74. The third-order valence-electron chi connectivity index (χ3n) is 5.25. The number of anilines is 1. The minimum absolute atomic E-state index is 0.119. The predicted molar refractivity (Wildman–Crippen MR) is 102 cm³/mol. The van der Waals surface area contributed by atoms with E-state index in [1.807, 2.05) is 29.3 Å². The van der Waals surface area contributed by atoms with Gasteiger partial charge in [0.1, 0.15) is 11.6 Å². The first-order valence-corrected chi connectivity index (χ1v) is 9.33. The first-order valence-electron chi connectivity index (χ1n) is 9.33. The summed E-state index contributed by atoms with van der Waals surface area (Å²) in [6, 6.07) is 10.3. The first kappa shape index (κ1) is 16.9. The maximum Gasteiger partial charge on any atom is 0.263 e. The van der Waals surface area contributed by atoms with Crippen LogP contribution in [0, 0.1) is 13.8 Å². The van der Waals surface area contributed by atoms with Crippen LogP contribution in [0.4, 0.5) is 5.82 Å². The fourth-order valence-corrected chi connectivity index (χ4v) is 3.74. The van der Waals surface area contributed by atoms with E-state index in [1.54, 1.807) is 0 Å². The molecular formula is C21H25N3O2. The van der Waals surface area contributed by atoms with E-state index in [-0.39, 0.29) is 12.0 Å². The number of amides is 1. The highest BCUT2D eigenvalue weighted by molar-refractivity contribution is 5.82. The Hall–Kier alpha value is -2.56. The number of hydrogen-bond donors (Lipinski definition) is 0. The second kappa shape index (κ2) is 6.98. The zero-order chi connectivity index (χ0) is 18.1. The number of fused-ring (bicyclic) bond motifs is 1. The summed E-state index contributed by atoms with van der Waals surface area (Å²) in [6.45, 7) is 7.21. The van der Waals surface area contributed by atoms with Crippen LogP contribution in [0.25, 0.3) is 0 Å². The average molecular weight is 351 g/mol. The molecular weight excluding hydrogens is 326 g/mol. The highest BCUT2D eigenvalue weighted by Crippen LogP contribution is 2.29. The molecule has 0 N–H and O–H groups in total. The van der Waals surface area contributed by atoms with Crippen LogP contribution in [0.1, 0.15) is 23.1 Å². The lowest BCUT2D eigenvalue weighted by molar-refractivity contribution is -0.139. The van der Waals surface area contributed by atoms with Gasteiger partial charge in [-0.2, -0.15) is 0 Å². The van der Waals surface area contributed by atoms with Gasteiger partial charge >= 0.3 is 0 Å². The highest BCUT2D eigenvalue weighted by atomic mass is 16.5. The van der Waals surface area contributed by atoms with Crippen LogP contribution in [0.2, 0.25) is 0 Å². The zero-order valence-corrected chi connectivity index (χ0v) is 15.4. The summed E-state index contributed by atoms with van der Waals surface area (Å²) in [4.78, 5) is 21.5. The van der Waals surface area contributed by atoms with Gasteiger partial charge in [0.25, 0.3) is 5.91 Å². The van der Waals surface area contributed by atoms with Crippen LogP contribution < -0.4 is 9.64 Å². The number of ether oxygens (including phenoxy) is 1. The maximum absolute atomic E-state index is 12.9. The third-order valence-corrected chi connectivity index (χ3v) is 5.25. The SMILES string of the molecule is Cc1ccnc(N2CCN(C(=O)C3CCc4cc(C)ccc4O3)CC2)c1. The van der Waals surface area contributed by atoms with Crippen molar-refractivity contribution >= 4 is 11.7 Å². The molecule has 136 valence electrons. The molecule has 0 aliphatic carbocycles. The summed E-state index contributed by atoms with van der Waals surface area (Å²) in [7, 11) is 0. The van der Waals surface area contributed by atoms with Crippen molar-refractivity contribution in [1.29, 1.82) is 0 Å². The molecule has 0 saturated carbocycles. The maximum atomic E-state index is 12.9. The Kier molecular flexibility index (Phi) is 4.53. The molecule has 0 radical (unpaired) electrons. The van der Waals surface area contributed by atoms with Gasteiger partial charge in [0.15, 0.2) is 6.10 Å². The molecule has 5 heteroatoms. The molecule has 1 atom stereocenters. The largest absolute Gasteiger partial charge is 0.480 e. The minimum atomic E-state index is -0.353. The Balaban J connectivity index is 1.37. The smallest absolute Gasteiger partial charge is 0.263 e. The van der Waals surface area contributed by atoms with Crippen molar-refractivity contribution in [3.63, 3.8) is 0 Å². The summed E-state index contributed by atoms with van der Waals surface area (Å²) < 4.78 is 6.01. The number of piperazine rings is 1. The van der Waals surface area contributed by atoms with Crippen molar-refractivity contribution in [1.82, 2.24) is 9.88 Å². The lowest BCUT2D eigenvalue weighted by Crippen LogP contribution is -2.53. The molecule has 0 bridgehead atoms. The standard InChI is InChI=1S/C21H25N3O2/c1-15-3-5-18-17(13-15)4-6-19(26-18)21(25)24-11-9-23(10-12-24)20-14-16(2)7-8-22-20/h3,5,7-8,13-14,19H,4,6,9-12H2,1-2H3. The van der Waals surface area contributed by atoms with Gasteiger partial charge < -0.3 is 14.5 Å². The van der Waals surface area contributed by atoms with Crippen molar-refractivity contribution in [2.75, 3.05) is 31.1 Å². The highest BCUT2D eigenvalue weighted by Gasteiger charge is 2.31. The summed E-state index contributed by atoms with van der Waals surface area (Å²) in [5.74, 6) is 1.98. The zero-order valence-electron chi connectivity index (χ0n) is 15.4. The van der Waals surface area contributed by atoms with Gasteiger partial charge in [-0.15, -0.1) is 0 Å². The molecule has 2 aromatic rings. The molecule has 2 aliphatic rings. The summed E-state index contributed by atoms with van der Waals surface area (Å²) in [5.41, 5.74) is 3.65. The number of nitrogens with zero attached hydrogens (tertiary/aromatic N) is 3. The number of carbonyl (C=O) groups is 1. The lowest BCUT2D eigenvalue weighted by atomic mass is 9.99. The number of rotatable bonds is 2. The van der Waals surface area contributed by atoms with Crippen LogP contribution in [0.5, 0.6) is 5.75 Å². The number of hydrogen-bond acceptors (Lipinski definition) is 4. The molecule has 1 fully saturated rings. The molecule has 0 spiro atoms. The van der Waals surface area contributed by atoms with E-state index in [0.717, 1.165) is 50.6 Å². The van der Waals surface area contributed by atoms with E-state index in [2.05, 4.69) is 35.9 Å². The topological polar surface area (TPSA) is 45.7 Å². The van der Waals surface area contributed by atoms with Gasteiger partial charge in [-0.3, -0.25) is 4.79 Å². The van der Waals surface area contributed by atoms with Crippen LogP contribution >= 0.6 is 0 Å². The van der Waals surface area contributed by atoms with E-state index in [1.165, 1.54) is 16.7 Å². The molecule has 1 amide bonds. The monoisotopic (exact) mass is 351 g/mol. The molecule has 2 aliphatic heterocycles. The van der Waals surface area contributed by atoms with Crippen molar-refractivity contribution in [3.8, 4) is 5.75 Å². The summed E-state index contributed by atoms with van der Waals surface area (Å²) >= 11 is 0. The van der Waals surface area contributed by atoms with Gasteiger partial charge in [0, 0.05) is 32.4 Å². The van der Waals surface area contributed by atoms with Gasteiger partial charge in [-0.25, -0.2) is 4.98 Å². The molecule has 3 heterocycles. The van der Waals surface area contributed by atoms with E-state index >= 15 is 0 Å². The lowest BCUT2D eigenvalue weighted by Gasteiger charge is -2.37. The van der Waals surface area contributed by atoms with Crippen molar-refractivity contribution < 1.29 is 9.53 Å². The van der Waals surface area contributed by atoms with E-state index < -0.39 is 0 Å². The summed E-state index contributed by atoms with van der Waals surface area (Å²) in [5, 5.41) is 0. The van der Waals surface area contributed by atoms with Gasteiger partial charge in [0.05, 0.1) is 0 Å². The van der Waals surface area contributed by atoms with Gasteiger partial charge in [0.2, 0.25) is 0 Å². The van der Waals surface area contributed by atoms with Gasteiger partial charge in [-0.05, 0) is 56.0 Å². The molecule has 4 rings (SSSR count). The van der Waals surface area contributed by atoms with E-state index in [9.17, 15) is 4.79 Å². The first-order chi connectivity index (χ1) is 12.6. The second-order valence-corrected chi connectivity index (χ2v) is 7.26. The normalized spacial score (nSPS) is 19.7. The Labute approximate surface area is 154 Å². The number of benzene rings is 1. The van der Waals surface area contributed by atoms with Crippen LogP contribution in [-0.2, 0) is 11.2 Å².